The summed E-state index contributed by atoms with van der Waals surface area (Å²) >= 11 is 0. The summed E-state index contributed by atoms with van der Waals surface area (Å²) in [5, 5.41) is 7.01. The third kappa shape index (κ3) is 3.26. The summed E-state index contributed by atoms with van der Waals surface area (Å²) < 4.78 is 0. The fraction of sp³-hybridized carbons (Fsp3) is 0.800. The topological polar surface area (TPSA) is 65.1 Å². The Bertz CT molecular complexity index is 488. The van der Waals surface area contributed by atoms with Gasteiger partial charge in [-0.1, -0.05) is 6.92 Å². The Morgan fingerprint density at radius 2 is 2.05 bits per heavy atom. The lowest BCUT2D eigenvalue weighted by Crippen LogP contribution is -2.46. The number of likely N-dealkylation sites (tertiary alicyclic amines) is 1. The Morgan fingerprint density at radius 3 is 2.67 bits per heavy atom. The lowest BCUT2D eigenvalue weighted by Gasteiger charge is -2.36. The first-order valence-corrected chi connectivity index (χ1v) is 8.11. The number of hydrogen-bond acceptors (Lipinski definition) is 4. The molecule has 1 aliphatic carbocycles. The summed E-state index contributed by atoms with van der Waals surface area (Å²) in [5.41, 5.74) is 0. The predicted molar refractivity (Wildman–Crippen MR) is 80.2 cm³/mol. The van der Waals surface area contributed by atoms with Gasteiger partial charge in [-0.2, -0.15) is 0 Å². The van der Waals surface area contributed by atoms with Crippen molar-refractivity contribution >= 4 is 5.91 Å². The molecule has 1 N–H and O–H groups in total. The van der Waals surface area contributed by atoms with Crippen LogP contribution in [0.2, 0.25) is 0 Å². The van der Waals surface area contributed by atoms with Gasteiger partial charge in [0, 0.05) is 32.1 Å². The molecule has 0 radical (unpaired) electrons. The summed E-state index contributed by atoms with van der Waals surface area (Å²) in [4.78, 5) is 21.2. The highest BCUT2D eigenvalue weighted by Crippen LogP contribution is 2.37. The fourth-order valence-electron chi connectivity index (χ4n) is 3.08. The van der Waals surface area contributed by atoms with Gasteiger partial charge < -0.3 is 9.80 Å². The molecule has 21 heavy (non-hydrogen) atoms. The second kappa shape index (κ2) is 6.13. The average molecular weight is 291 g/mol. The number of aromatic nitrogens is 3. The minimum absolute atomic E-state index is 0.0490. The van der Waals surface area contributed by atoms with Crippen molar-refractivity contribution in [3.63, 3.8) is 0 Å². The summed E-state index contributed by atoms with van der Waals surface area (Å²) in [5.74, 6) is 1.66. The minimum atomic E-state index is -0.0490. The van der Waals surface area contributed by atoms with Gasteiger partial charge in [0.1, 0.15) is 5.82 Å². The van der Waals surface area contributed by atoms with E-state index in [0.29, 0.717) is 17.8 Å². The van der Waals surface area contributed by atoms with Gasteiger partial charge in [-0.05, 0) is 38.6 Å². The van der Waals surface area contributed by atoms with Crippen LogP contribution in [0.25, 0.3) is 0 Å². The van der Waals surface area contributed by atoms with E-state index in [0.717, 1.165) is 51.1 Å². The first kappa shape index (κ1) is 14.5. The Morgan fingerprint density at radius 1 is 1.33 bits per heavy atom. The number of aromatic amines is 1. The molecule has 0 aromatic carbocycles. The van der Waals surface area contributed by atoms with E-state index < -0.39 is 0 Å². The zero-order chi connectivity index (χ0) is 14.8. The summed E-state index contributed by atoms with van der Waals surface area (Å²) in [6, 6.07) is 0.313. The maximum Gasteiger partial charge on any atom is 0.293 e. The van der Waals surface area contributed by atoms with E-state index in [1.54, 1.807) is 0 Å². The van der Waals surface area contributed by atoms with Crippen molar-refractivity contribution in [1.82, 2.24) is 25.0 Å². The molecule has 1 saturated heterocycles. The Balaban J connectivity index is 1.56. The van der Waals surface area contributed by atoms with Gasteiger partial charge in [0.25, 0.3) is 5.91 Å². The van der Waals surface area contributed by atoms with Crippen LogP contribution in [-0.2, 0) is 0 Å². The number of carbonyl (C=O) groups is 1. The van der Waals surface area contributed by atoms with Crippen molar-refractivity contribution in [3.05, 3.63) is 11.6 Å². The van der Waals surface area contributed by atoms with Gasteiger partial charge in [-0.3, -0.25) is 9.89 Å². The molecule has 0 spiro atoms. The summed E-state index contributed by atoms with van der Waals surface area (Å²) in [7, 11) is 1.88. The fourth-order valence-corrected chi connectivity index (χ4v) is 3.08. The molecule has 2 aliphatic rings. The van der Waals surface area contributed by atoms with Crippen LogP contribution in [0.4, 0.5) is 0 Å². The Kier molecular flexibility index (Phi) is 4.24. The predicted octanol–water partition coefficient (Wildman–Crippen LogP) is 1.63. The van der Waals surface area contributed by atoms with Crippen LogP contribution in [0.3, 0.4) is 0 Å². The molecule has 0 bridgehead atoms. The van der Waals surface area contributed by atoms with Crippen LogP contribution in [0.15, 0.2) is 0 Å². The van der Waals surface area contributed by atoms with Gasteiger partial charge in [0.2, 0.25) is 5.82 Å². The van der Waals surface area contributed by atoms with Crippen molar-refractivity contribution in [2.24, 2.45) is 0 Å². The zero-order valence-corrected chi connectivity index (χ0v) is 13.0. The highest BCUT2D eigenvalue weighted by molar-refractivity contribution is 5.90. The lowest BCUT2D eigenvalue weighted by molar-refractivity contribution is 0.0631. The number of amides is 1. The molecular weight excluding hydrogens is 266 g/mol. The second-order valence-corrected chi connectivity index (χ2v) is 6.31. The monoisotopic (exact) mass is 291 g/mol. The van der Waals surface area contributed by atoms with Crippen LogP contribution < -0.4 is 0 Å². The van der Waals surface area contributed by atoms with E-state index in [1.165, 1.54) is 6.42 Å². The smallest absolute Gasteiger partial charge is 0.293 e. The van der Waals surface area contributed by atoms with E-state index in [-0.39, 0.29) is 5.91 Å². The Labute approximate surface area is 125 Å². The van der Waals surface area contributed by atoms with Gasteiger partial charge in [0.15, 0.2) is 0 Å². The highest BCUT2D eigenvalue weighted by atomic mass is 16.2. The van der Waals surface area contributed by atoms with E-state index in [1.807, 2.05) is 11.9 Å². The van der Waals surface area contributed by atoms with Gasteiger partial charge in [-0.15, -0.1) is 5.10 Å². The quantitative estimate of drug-likeness (QED) is 0.895. The molecule has 2 fully saturated rings. The van der Waals surface area contributed by atoms with E-state index in [2.05, 4.69) is 27.0 Å². The number of H-pyrrole nitrogens is 1. The SMILES string of the molecule is CCCN1CCC(N(C)C(=O)c2n[nH]c(C3CC3)n2)CC1. The third-order valence-electron chi connectivity index (χ3n) is 4.62. The van der Waals surface area contributed by atoms with Crippen molar-refractivity contribution in [1.29, 1.82) is 0 Å². The molecule has 6 nitrogen and oxygen atoms in total. The maximum atomic E-state index is 12.5. The van der Waals surface area contributed by atoms with E-state index in [4.69, 9.17) is 0 Å². The molecule has 6 heteroatoms. The molecule has 1 aromatic rings. The normalized spacial score (nSPS) is 20.7. The van der Waals surface area contributed by atoms with Gasteiger partial charge >= 0.3 is 0 Å². The van der Waals surface area contributed by atoms with Crippen molar-refractivity contribution in [2.75, 3.05) is 26.7 Å². The number of carbonyl (C=O) groups excluding carboxylic acids is 1. The van der Waals surface area contributed by atoms with Crippen LogP contribution in [0, 0.1) is 0 Å². The number of nitrogens with one attached hydrogen (secondary N) is 1. The van der Waals surface area contributed by atoms with Gasteiger partial charge in [0.05, 0.1) is 0 Å². The third-order valence-corrected chi connectivity index (χ3v) is 4.62. The first-order valence-electron chi connectivity index (χ1n) is 8.11. The zero-order valence-electron chi connectivity index (χ0n) is 13.0. The van der Waals surface area contributed by atoms with Crippen LogP contribution >= 0.6 is 0 Å². The van der Waals surface area contributed by atoms with Crippen molar-refractivity contribution < 1.29 is 4.79 Å². The summed E-state index contributed by atoms with van der Waals surface area (Å²) in [6.07, 6.45) is 5.61. The second-order valence-electron chi connectivity index (χ2n) is 6.31. The molecule has 1 aliphatic heterocycles. The van der Waals surface area contributed by atoms with E-state index in [9.17, 15) is 4.79 Å². The molecule has 1 saturated carbocycles. The highest BCUT2D eigenvalue weighted by Gasteiger charge is 2.31. The molecule has 2 heterocycles. The largest absolute Gasteiger partial charge is 0.336 e. The van der Waals surface area contributed by atoms with Gasteiger partial charge in [-0.25, -0.2) is 4.98 Å². The molecule has 116 valence electrons. The summed E-state index contributed by atoms with van der Waals surface area (Å²) in [6.45, 7) is 5.54. The molecule has 3 rings (SSSR count). The maximum absolute atomic E-state index is 12.5. The van der Waals surface area contributed by atoms with E-state index >= 15 is 0 Å². The number of piperidine rings is 1. The van der Waals surface area contributed by atoms with Crippen LogP contribution in [-0.4, -0.2) is 63.6 Å². The van der Waals surface area contributed by atoms with Crippen molar-refractivity contribution in [3.8, 4) is 0 Å². The average Bonchev–Trinajstić information content (AvgIpc) is 3.24. The standard InChI is InChI=1S/C15H25N5O/c1-3-8-20-9-6-12(7-10-20)19(2)15(21)14-16-13(17-18-14)11-4-5-11/h11-12H,3-10H2,1-2H3,(H,16,17,18). The molecule has 1 aromatic heterocycles. The Hall–Kier alpha value is -1.43. The lowest BCUT2D eigenvalue weighted by atomic mass is 10.0. The van der Waals surface area contributed by atoms with Crippen LogP contribution in [0.1, 0.15) is 61.4 Å². The van der Waals surface area contributed by atoms with Crippen molar-refractivity contribution in [2.45, 2.75) is 51.0 Å². The minimum Gasteiger partial charge on any atom is -0.336 e. The molecule has 1 amide bonds. The number of hydrogen-bond donors (Lipinski definition) is 1. The molecule has 0 unspecified atom stereocenters. The first-order chi connectivity index (χ1) is 10.2. The molecule has 0 atom stereocenters. The molecular formula is C15H25N5O. The number of nitrogens with zero attached hydrogens (tertiary/aromatic N) is 4. The van der Waals surface area contributed by atoms with Crippen LogP contribution in [0.5, 0.6) is 0 Å². The number of rotatable bonds is 5.